The first-order chi connectivity index (χ1) is 10.1. The van der Waals surface area contributed by atoms with Gasteiger partial charge in [0.2, 0.25) is 0 Å². The SMILES string of the molecule is CN(Cc1ccc(Br)o1)C(=O)c1ccc2c(c1)OCCO2. The van der Waals surface area contributed by atoms with Crippen molar-refractivity contribution in [2.24, 2.45) is 0 Å². The van der Waals surface area contributed by atoms with Gasteiger partial charge in [0.15, 0.2) is 16.2 Å². The Kier molecular flexibility index (Phi) is 3.88. The number of fused-ring (bicyclic) bond motifs is 1. The van der Waals surface area contributed by atoms with E-state index in [1.807, 2.05) is 6.07 Å². The summed E-state index contributed by atoms with van der Waals surface area (Å²) in [5.74, 6) is 1.91. The van der Waals surface area contributed by atoms with Crippen LogP contribution in [0, 0.1) is 0 Å². The van der Waals surface area contributed by atoms with E-state index in [1.165, 1.54) is 0 Å². The minimum Gasteiger partial charge on any atom is -0.486 e. The zero-order valence-corrected chi connectivity index (χ0v) is 13.1. The number of ether oxygens (including phenoxy) is 2. The number of benzene rings is 1. The summed E-state index contributed by atoms with van der Waals surface area (Å²) in [4.78, 5) is 14.0. The lowest BCUT2D eigenvalue weighted by molar-refractivity contribution is 0.0774. The first kappa shape index (κ1) is 14.0. The summed E-state index contributed by atoms with van der Waals surface area (Å²) in [6, 6.07) is 8.85. The third-order valence-corrected chi connectivity index (χ3v) is 3.58. The minimum atomic E-state index is -0.0977. The number of hydrogen-bond donors (Lipinski definition) is 0. The van der Waals surface area contributed by atoms with Gasteiger partial charge in [-0.3, -0.25) is 4.79 Å². The molecule has 6 heteroatoms. The Balaban J connectivity index is 1.75. The van der Waals surface area contributed by atoms with Crippen LogP contribution in [0.4, 0.5) is 0 Å². The molecule has 0 atom stereocenters. The van der Waals surface area contributed by atoms with Crippen LogP contribution in [0.1, 0.15) is 16.1 Å². The van der Waals surface area contributed by atoms with Crippen molar-refractivity contribution in [2.45, 2.75) is 6.54 Å². The van der Waals surface area contributed by atoms with Gasteiger partial charge in [-0.2, -0.15) is 0 Å². The van der Waals surface area contributed by atoms with Gasteiger partial charge < -0.3 is 18.8 Å². The fourth-order valence-corrected chi connectivity index (χ4v) is 2.48. The molecular weight excluding hydrogens is 338 g/mol. The van der Waals surface area contributed by atoms with Crippen molar-refractivity contribution in [2.75, 3.05) is 20.3 Å². The molecule has 0 saturated heterocycles. The second-order valence-electron chi connectivity index (χ2n) is 4.73. The van der Waals surface area contributed by atoms with Crippen molar-refractivity contribution in [3.05, 3.63) is 46.3 Å². The Morgan fingerprint density at radius 3 is 2.67 bits per heavy atom. The van der Waals surface area contributed by atoms with Crippen LogP contribution in [0.25, 0.3) is 0 Å². The molecule has 0 saturated carbocycles. The molecule has 2 heterocycles. The van der Waals surface area contributed by atoms with Crippen LogP contribution in [0.15, 0.2) is 39.4 Å². The van der Waals surface area contributed by atoms with E-state index in [4.69, 9.17) is 13.9 Å². The van der Waals surface area contributed by atoms with Crippen molar-refractivity contribution in [1.29, 1.82) is 0 Å². The number of hydrogen-bond acceptors (Lipinski definition) is 4. The molecule has 0 fully saturated rings. The lowest BCUT2D eigenvalue weighted by Gasteiger charge is -2.20. The molecule has 1 aliphatic rings. The topological polar surface area (TPSA) is 51.9 Å². The molecule has 0 N–H and O–H groups in total. The van der Waals surface area contributed by atoms with Crippen LogP contribution in [0.2, 0.25) is 0 Å². The van der Waals surface area contributed by atoms with Crippen LogP contribution in [0.3, 0.4) is 0 Å². The Hall–Kier alpha value is -1.95. The van der Waals surface area contributed by atoms with E-state index in [0.717, 1.165) is 5.76 Å². The molecule has 1 amide bonds. The summed E-state index contributed by atoms with van der Waals surface area (Å²) < 4.78 is 17.0. The van der Waals surface area contributed by atoms with Gasteiger partial charge in [-0.15, -0.1) is 0 Å². The van der Waals surface area contributed by atoms with Crippen molar-refractivity contribution >= 4 is 21.8 Å². The molecule has 0 radical (unpaired) electrons. The van der Waals surface area contributed by atoms with Crippen LogP contribution in [-0.2, 0) is 6.54 Å². The van der Waals surface area contributed by atoms with Crippen molar-refractivity contribution in [3.8, 4) is 11.5 Å². The lowest BCUT2D eigenvalue weighted by Crippen LogP contribution is -2.26. The third kappa shape index (κ3) is 3.05. The predicted molar refractivity (Wildman–Crippen MR) is 79.6 cm³/mol. The molecule has 5 nitrogen and oxygen atoms in total. The van der Waals surface area contributed by atoms with Crippen LogP contribution < -0.4 is 9.47 Å². The number of halogens is 1. The molecule has 0 unspecified atom stereocenters. The summed E-state index contributed by atoms with van der Waals surface area (Å²) in [6.07, 6.45) is 0. The smallest absolute Gasteiger partial charge is 0.254 e. The standard InChI is InChI=1S/C15H14BrNO4/c1-17(9-11-3-5-14(16)21-11)15(18)10-2-4-12-13(8-10)20-7-6-19-12/h2-5,8H,6-7,9H2,1H3. The Bertz CT molecular complexity index is 667. The maximum absolute atomic E-state index is 12.4. The molecule has 2 aromatic rings. The van der Waals surface area contributed by atoms with Crippen LogP contribution in [-0.4, -0.2) is 31.1 Å². The highest BCUT2D eigenvalue weighted by Crippen LogP contribution is 2.31. The van der Waals surface area contributed by atoms with E-state index in [9.17, 15) is 4.79 Å². The van der Waals surface area contributed by atoms with E-state index in [-0.39, 0.29) is 5.91 Å². The zero-order valence-electron chi connectivity index (χ0n) is 11.5. The third-order valence-electron chi connectivity index (χ3n) is 3.16. The predicted octanol–water partition coefficient (Wildman–Crippen LogP) is 3.09. The zero-order chi connectivity index (χ0) is 14.8. The van der Waals surface area contributed by atoms with E-state index >= 15 is 0 Å². The van der Waals surface area contributed by atoms with E-state index in [2.05, 4.69) is 15.9 Å². The Morgan fingerprint density at radius 1 is 1.19 bits per heavy atom. The fourth-order valence-electron chi connectivity index (χ4n) is 2.14. The highest BCUT2D eigenvalue weighted by Gasteiger charge is 2.18. The van der Waals surface area contributed by atoms with Gasteiger partial charge >= 0.3 is 0 Å². The van der Waals surface area contributed by atoms with Crippen LogP contribution >= 0.6 is 15.9 Å². The molecule has 0 aliphatic carbocycles. The summed E-state index contributed by atoms with van der Waals surface area (Å²) in [7, 11) is 1.73. The maximum atomic E-state index is 12.4. The molecule has 1 aromatic carbocycles. The molecule has 1 aliphatic heterocycles. The maximum Gasteiger partial charge on any atom is 0.254 e. The van der Waals surface area contributed by atoms with Crippen molar-refractivity contribution in [3.63, 3.8) is 0 Å². The van der Waals surface area contributed by atoms with Gasteiger partial charge in [0.1, 0.15) is 19.0 Å². The largest absolute Gasteiger partial charge is 0.486 e. The number of amides is 1. The number of nitrogens with zero attached hydrogens (tertiary/aromatic N) is 1. The number of furan rings is 1. The normalized spacial score (nSPS) is 13.0. The van der Waals surface area contributed by atoms with Gasteiger partial charge in [0, 0.05) is 12.6 Å². The molecular formula is C15H14BrNO4. The summed E-state index contributed by atoms with van der Waals surface area (Å²) in [5.41, 5.74) is 0.562. The summed E-state index contributed by atoms with van der Waals surface area (Å²) in [6.45, 7) is 1.44. The Morgan fingerprint density at radius 2 is 1.95 bits per heavy atom. The molecule has 1 aromatic heterocycles. The van der Waals surface area contributed by atoms with Gasteiger partial charge in [-0.1, -0.05) is 0 Å². The molecule has 0 spiro atoms. The number of carbonyl (C=O) groups excluding carboxylic acids is 1. The van der Waals surface area contributed by atoms with E-state index in [0.29, 0.717) is 41.5 Å². The average molecular weight is 352 g/mol. The van der Waals surface area contributed by atoms with Gasteiger partial charge in [0.25, 0.3) is 5.91 Å². The molecule has 110 valence electrons. The number of carbonyl (C=O) groups is 1. The second-order valence-corrected chi connectivity index (χ2v) is 5.51. The van der Waals surface area contributed by atoms with E-state index < -0.39 is 0 Å². The van der Waals surface area contributed by atoms with Crippen LogP contribution in [0.5, 0.6) is 11.5 Å². The highest BCUT2D eigenvalue weighted by molar-refractivity contribution is 9.10. The molecule has 0 bridgehead atoms. The highest BCUT2D eigenvalue weighted by atomic mass is 79.9. The van der Waals surface area contributed by atoms with Gasteiger partial charge in [0.05, 0.1) is 6.54 Å². The molecule has 3 rings (SSSR count). The Labute approximate surface area is 130 Å². The molecule has 21 heavy (non-hydrogen) atoms. The average Bonchev–Trinajstić information content (AvgIpc) is 2.91. The van der Waals surface area contributed by atoms with Crippen molar-refractivity contribution in [1.82, 2.24) is 4.90 Å². The monoisotopic (exact) mass is 351 g/mol. The fraction of sp³-hybridized carbons (Fsp3) is 0.267. The lowest BCUT2D eigenvalue weighted by atomic mass is 10.1. The summed E-state index contributed by atoms with van der Waals surface area (Å²) >= 11 is 3.24. The first-order valence-corrected chi connectivity index (χ1v) is 7.32. The van der Waals surface area contributed by atoms with E-state index in [1.54, 1.807) is 36.2 Å². The first-order valence-electron chi connectivity index (χ1n) is 6.53. The van der Waals surface area contributed by atoms with Gasteiger partial charge in [-0.25, -0.2) is 0 Å². The summed E-state index contributed by atoms with van der Waals surface area (Å²) in [5, 5.41) is 0. The minimum absolute atomic E-state index is 0.0977. The second kappa shape index (κ2) is 5.81. The quantitative estimate of drug-likeness (QED) is 0.852. The number of rotatable bonds is 3. The van der Waals surface area contributed by atoms with Crippen molar-refractivity contribution < 1.29 is 18.7 Å². The van der Waals surface area contributed by atoms with Gasteiger partial charge in [-0.05, 0) is 46.3 Å².